The third kappa shape index (κ3) is 5.70. The minimum atomic E-state index is -0.706. The monoisotopic (exact) mass is 446 g/mol. The molecule has 0 radical (unpaired) electrons. The van der Waals surface area contributed by atoms with Crippen LogP contribution in [0.3, 0.4) is 0 Å². The van der Waals surface area contributed by atoms with Crippen LogP contribution < -0.4 is 11.2 Å². The van der Waals surface area contributed by atoms with Gasteiger partial charge < -0.3 is 9.30 Å². The second-order valence-corrected chi connectivity index (χ2v) is 9.05. The van der Waals surface area contributed by atoms with Gasteiger partial charge in [-0.15, -0.1) is 0 Å². The zero-order valence-electron chi connectivity index (χ0n) is 18.2. The third-order valence-corrected chi connectivity index (χ3v) is 5.23. The lowest BCUT2D eigenvalue weighted by atomic mass is 10.1. The number of H-pyrrole nitrogens is 1. The van der Waals surface area contributed by atoms with Crippen LogP contribution in [0.15, 0.2) is 21.7 Å². The lowest BCUT2D eigenvalue weighted by Gasteiger charge is -2.19. The van der Waals surface area contributed by atoms with Gasteiger partial charge in [0.1, 0.15) is 5.60 Å². The Labute approximate surface area is 185 Å². The van der Waals surface area contributed by atoms with Crippen LogP contribution in [-0.2, 0) is 16.1 Å². The molecule has 31 heavy (non-hydrogen) atoms. The maximum atomic E-state index is 12.3. The number of hydrogen-bond acceptors (Lipinski definition) is 6. The van der Waals surface area contributed by atoms with Gasteiger partial charge in [-0.05, 0) is 58.2 Å². The topological polar surface area (TPSA) is 107 Å². The van der Waals surface area contributed by atoms with Gasteiger partial charge in [0.2, 0.25) is 0 Å². The molecule has 166 valence electrons. The molecule has 3 rings (SSSR count). The first kappa shape index (κ1) is 22.9. The summed E-state index contributed by atoms with van der Waals surface area (Å²) in [4.78, 5) is 46.5. The van der Waals surface area contributed by atoms with Gasteiger partial charge in [-0.2, -0.15) is 4.98 Å². The highest BCUT2D eigenvalue weighted by Gasteiger charge is 2.19. The minimum absolute atomic E-state index is 0.124. The number of fused-ring (bicyclic) bond motifs is 2. The molecule has 1 aromatic carbocycles. The van der Waals surface area contributed by atoms with Crippen molar-refractivity contribution >= 4 is 28.6 Å². The van der Waals surface area contributed by atoms with E-state index in [4.69, 9.17) is 16.3 Å². The number of rotatable bonds is 7. The van der Waals surface area contributed by atoms with Crippen LogP contribution in [0.4, 0.5) is 0 Å². The molecule has 0 atom stereocenters. The van der Waals surface area contributed by atoms with Crippen molar-refractivity contribution in [1.29, 1.82) is 0 Å². The minimum Gasteiger partial charge on any atom is -0.460 e. The Morgan fingerprint density at radius 2 is 1.84 bits per heavy atom. The first-order chi connectivity index (χ1) is 14.5. The molecule has 0 aliphatic carbocycles. The molecule has 1 aromatic rings. The van der Waals surface area contributed by atoms with Crippen molar-refractivity contribution in [1.82, 2.24) is 19.5 Å². The highest BCUT2D eigenvalue weighted by atomic mass is 35.5. The van der Waals surface area contributed by atoms with E-state index in [1.165, 1.54) is 0 Å². The van der Waals surface area contributed by atoms with Crippen molar-refractivity contribution in [2.45, 2.75) is 71.9 Å². The first-order valence-corrected chi connectivity index (χ1v) is 10.8. The van der Waals surface area contributed by atoms with E-state index in [2.05, 4.69) is 15.0 Å². The van der Waals surface area contributed by atoms with Gasteiger partial charge in [-0.25, -0.2) is 9.78 Å². The van der Waals surface area contributed by atoms with Crippen molar-refractivity contribution in [2.24, 2.45) is 0 Å². The fourth-order valence-electron chi connectivity index (χ4n) is 3.43. The molecular formula is C22H27ClN4O4. The zero-order valence-corrected chi connectivity index (χ0v) is 19.0. The molecule has 0 unspecified atom stereocenters. The van der Waals surface area contributed by atoms with E-state index in [0.29, 0.717) is 29.0 Å². The predicted octanol–water partition coefficient (Wildman–Crippen LogP) is 3.84. The Morgan fingerprint density at radius 1 is 1.13 bits per heavy atom. The average Bonchev–Trinajstić information content (AvgIpc) is 2.64. The molecule has 2 aliphatic heterocycles. The Hall–Kier alpha value is -2.74. The molecule has 9 heteroatoms. The molecule has 0 saturated carbocycles. The number of benzene rings is 1. The number of aromatic amines is 1. The quantitative estimate of drug-likeness (QED) is 0.335. The largest absolute Gasteiger partial charge is 0.460 e. The van der Waals surface area contributed by atoms with Crippen LogP contribution in [0.1, 0.15) is 58.4 Å². The van der Waals surface area contributed by atoms with E-state index < -0.39 is 16.9 Å². The summed E-state index contributed by atoms with van der Waals surface area (Å²) in [5.74, 6) is 0.0549. The average molecular weight is 447 g/mol. The lowest BCUT2D eigenvalue weighted by Crippen LogP contribution is -2.29. The molecule has 2 heterocycles. The van der Waals surface area contributed by atoms with Crippen LogP contribution in [0.2, 0.25) is 5.02 Å². The van der Waals surface area contributed by atoms with E-state index >= 15 is 0 Å². The number of esters is 1. The first-order valence-electron chi connectivity index (χ1n) is 10.4. The van der Waals surface area contributed by atoms with Crippen molar-refractivity contribution in [2.75, 3.05) is 0 Å². The van der Waals surface area contributed by atoms with E-state index in [-0.39, 0.29) is 17.5 Å². The van der Waals surface area contributed by atoms with Crippen molar-refractivity contribution in [3.05, 3.63) is 43.6 Å². The molecule has 0 fully saturated rings. The third-order valence-electron chi connectivity index (χ3n) is 4.82. The van der Waals surface area contributed by atoms with E-state index in [1.54, 1.807) is 6.07 Å². The summed E-state index contributed by atoms with van der Waals surface area (Å²) in [5.41, 5.74) is 0.568. The molecule has 0 amide bonds. The second-order valence-electron chi connectivity index (χ2n) is 8.65. The van der Waals surface area contributed by atoms with Gasteiger partial charge in [0.15, 0.2) is 11.5 Å². The standard InChI is InChI=1S/C22H27ClN4O4/c1-13-11-15-16(12-14(13)23)27(19-18(24-15)20(29)26-21(30)25-19)10-8-6-5-7-9-17(28)31-22(2,3)4/h11-12H,5-10H2,1-4H3,(H,26,29,30). The van der Waals surface area contributed by atoms with E-state index in [1.807, 2.05) is 38.3 Å². The van der Waals surface area contributed by atoms with Gasteiger partial charge in [-0.3, -0.25) is 14.6 Å². The number of aryl methyl sites for hydroxylation is 2. The molecule has 0 saturated heterocycles. The normalized spacial score (nSPS) is 11.9. The van der Waals surface area contributed by atoms with Crippen LogP contribution in [0.25, 0.3) is 22.6 Å². The maximum absolute atomic E-state index is 12.3. The number of nitrogens with one attached hydrogen (secondary N) is 1. The number of hydrogen-bond donors (Lipinski definition) is 1. The predicted molar refractivity (Wildman–Crippen MR) is 120 cm³/mol. The number of ether oxygens (including phenoxy) is 1. The second kappa shape index (κ2) is 9.18. The highest BCUT2D eigenvalue weighted by Crippen LogP contribution is 2.27. The van der Waals surface area contributed by atoms with Crippen LogP contribution in [0.5, 0.6) is 0 Å². The fraction of sp³-hybridized carbons (Fsp3) is 0.500. The van der Waals surface area contributed by atoms with Gasteiger partial charge in [0.25, 0.3) is 5.56 Å². The summed E-state index contributed by atoms with van der Waals surface area (Å²) in [6.45, 7) is 7.96. The summed E-state index contributed by atoms with van der Waals surface area (Å²) in [7, 11) is 0. The summed E-state index contributed by atoms with van der Waals surface area (Å²) < 4.78 is 7.15. The maximum Gasteiger partial charge on any atom is 0.349 e. The van der Waals surface area contributed by atoms with E-state index in [0.717, 1.165) is 31.2 Å². The number of aromatic nitrogens is 4. The Kier molecular flexibility index (Phi) is 6.79. The Balaban J connectivity index is 1.76. The lowest BCUT2D eigenvalue weighted by molar-refractivity contribution is -0.154. The summed E-state index contributed by atoms with van der Waals surface area (Å²) in [6, 6.07) is 3.60. The summed E-state index contributed by atoms with van der Waals surface area (Å²) in [5, 5.41) is 0.576. The number of carbonyl (C=O) groups excluding carboxylic acids is 1. The van der Waals surface area contributed by atoms with Crippen LogP contribution >= 0.6 is 11.6 Å². The van der Waals surface area contributed by atoms with Crippen LogP contribution in [-0.4, -0.2) is 31.1 Å². The molecule has 0 bridgehead atoms. The van der Waals surface area contributed by atoms with Crippen molar-refractivity contribution < 1.29 is 9.53 Å². The van der Waals surface area contributed by atoms with Crippen molar-refractivity contribution in [3.8, 4) is 11.5 Å². The highest BCUT2D eigenvalue weighted by molar-refractivity contribution is 6.32. The summed E-state index contributed by atoms with van der Waals surface area (Å²) >= 11 is 6.32. The van der Waals surface area contributed by atoms with Gasteiger partial charge in [-0.1, -0.05) is 24.4 Å². The Bertz CT molecular complexity index is 1190. The van der Waals surface area contributed by atoms with Gasteiger partial charge in [0.05, 0.1) is 11.0 Å². The fourth-order valence-corrected chi connectivity index (χ4v) is 3.59. The molecule has 8 nitrogen and oxygen atoms in total. The zero-order chi connectivity index (χ0) is 22.8. The molecule has 2 aliphatic rings. The molecular weight excluding hydrogens is 420 g/mol. The van der Waals surface area contributed by atoms with Crippen molar-refractivity contribution in [3.63, 3.8) is 0 Å². The van der Waals surface area contributed by atoms with E-state index in [9.17, 15) is 14.4 Å². The van der Waals surface area contributed by atoms with Gasteiger partial charge >= 0.3 is 11.7 Å². The number of halogens is 1. The Morgan fingerprint density at radius 3 is 2.55 bits per heavy atom. The molecule has 1 N–H and O–H groups in total. The summed E-state index contributed by atoms with van der Waals surface area (Å²) in [6.07, 6.45) is 3.64. The number of unbranched alkanes of at least 4 members (excludes halogenated alkanes) is 3. The number of nitrogens with zero attached hydrogens (tertiary/aromatic N) is 3. The van der Waals surface area contributed by atoms with Gasteiger partial charge in [0, 0.05) is 18.0 Å². The SMILES string of the molecule is Cc1cc2nc3c(=O)[nH]c(=O)nc-3n(CCCCCCC(=O)OC(C)(C)C)c2cc1Cl. The smallest absolute Gasteiger partial charge is 0.349 e. The molecule has 0 spiro atoms. The number of carbonyl (C=O) groups is 1. The van der Waals surface area contributed by atoms with Crippen LogP contribution in [0, 0.1) is 6.92 Å². The molecule has 0 aromatic heterocycles.